The van der Waals surface area contributed by atoms with Gasteiger partial charge in [0.2, 0.25) is 0 Å². The Bertz CT molecular complexity index is 568. The zero-order chi connectivity index (χ0) is 15.0. The molecular formula is C9F10. The standard InChI is InChI=1S/C9F10/c10-4-1-2(8(15,16)7(1,13)14)5(11)6(12)3(4)9(17,18)19. The summed E-state index contributed by atoms with van der Waals surface area (Å²) < 4.78 is 127. The van der Waals surface area contributed by atoms with Crippen molar-refractivity contribution in [3.05, 3.63) is 34.1 Å². The first-order valence-corrected chi connectivity index (χ1v) is 4.39. The molecule has 0 spiro atoms. The first-order chi connectivity index (χ1) is 8.35. The van der Waals surface area contributed by atoms with Crippen LogP contribution >= 0.6 is 0 Å². The average molecular weight is 298 g/mol. The van der Waals surface area contributed by atoms with E-state index in [2.05, 4.69) is 0 Å². The van der Waals surface area contributed by atoms with E-state index in [4.69, 9.17) is 0 Å². The van der Waals surface area contributed by atoms with Gasteiger partial charge in [-0.3, -0.25) is 0 Å². The minimum atomic E-state index is -5.84. The predicted molar refractivity (Wildman–Crippen MR) is 39.1 cm³/mol. The lowest BCUT2D eigenvalue weighted by atomic mass is 9.78. The summed E-state index contributed by atoms with van der Waals surface area (Å²) in [6.45, 7) is 0. The topological polar surface area (TPSA) is 0 Å². The molecule has 0 saturated carbocycles. The molecule has 0 N–H and O–H groups in total. The van der Waals surface area contributed by atoms with Crippen molar-refractivity contribution in [3.63, 3.8) is 0 Å². The number of halogens is 10. The highest BCUT2D eigenvalue weighted by Gasteiger charge is 2.73. The maximum atomic E-state index is 13.1. The largest absolute Gasteiger partial charge is 0.422 e. The minimum absolute atomic E-state index is 2.39. The predicted octanol–water partition coefficient (Wildman–Crippen LogP) is 4.32. The summed E-state index contributed by atoms with van der Waals surface area (Å²) in [5, 5.41) is 0. The minimum Gasteiger partial charge on any atom is -0.206 e. The number of hydrogen-bond acceptors (Lipinski definition) is 0. The van der Waals surface area contributed by atoms with E-state index in [1.807, 2.05) is 0 Å². The second kappa shape index (κ2) is 3.34. The van der Waals surface area contributed by atoms with E-state index in [0.29, 0.717) is 0 Å². The summed E-state index contributed by atoms with van der Waals surface area (Å²) in [7, 11) is 0. The van der Waals surface area contributed by atoms with Crippen LogP contribution in [-0.2, 0) is 18.0 Å². The molecule has 0 amide bonds. The third-order valence-corrected chi connectivity index (χ3v) is 2.63. The summed E-state index contributed by atoms with van der Waals surface area (Å²) in [5.74, 6) is -19.3. The van der Waals surface area contributed by atoms with E-state index in [9.17, 15) is 43.9 Å². The Morgan fingerprint density at radius 1 is 0.632 bits per heavy atom. The van der Waals surface area contributed by atoms with Crippen molar-refractivity contribution < 1.29 is 43.9 Å². The zero-order valence-corrected chi connectivity index (χ0v) is 8.28. The average Bonchev–Trinajstić information content (AvgIpc) is 2.20. The van der Waals surface area contributed by atoms with Crippen LogP contribution in [0.5, 0.6) is 0 Å². The summed E-state index contributed by atoms with van der Waals surface area (Å²) in [6, 6.07) is 0. The molecule has 1 aliphatic carbocycles. The van der Waals surface area contributed by atoms with Gasteiger partial charge >= 0.3 is 18.0 Å². The molecule has 0 unspecified atom stereocenters. The molecule has 0 heterocycles. The van der Waals surface area contributed by atoms with Crippen LogP contribution in [0.4, 0.5) is 43.9 Å². The Morgan fingerprint density at radius 3 is 1.37 bits per heavy atom. The van der Waals surface area contributed by atoms with Crippen molar-refractivity contribution in [3.8, 4) is 0 Å². The SMILES string of the molecule is Fc1c(F)c2c(c(F)c1C(F)(F)F)C(F)(F)C2(F)F. The van der Waals surface area contributed by atoms with Gasteiger partial charge in [-0.2, -0.15) is 30.7 Å². The van der Waals surface area contributed by atoms with Gasteiger partial charge in [-0.05, 0) is 0 Å². The Kier molecular flexibility index (Phi) is 2.45. The lowest BCUT2D eigenvalue weighted by Crippen LogP contribution is -2.50. The van der Waals surface area contributed by atoms with Gasteiger partial charge in [0.1, 0.15) is 11.4 Å². The normalized spacial score (nSPS) is 19.9. The summed E-state index contributed by atoms with van der Waals surface area (Å²) in [6.07, 6.45) is -5.84. The highest BCUT2D eigenvalue weighted by atomic mass is 19.4. The van der Waals surface area contributed by atoms with Crippen LogP contribution in [0.15, 0.2) is 0 Å². The Labute approximate surface area is 97.2 Å². The van der Waals surface area contributed by atoms with Crippen molar-refractivity contribution in [2.75, 3.05) is 0 Å². The molecule has 106 valence electrons. The molecule has 0 radical (unpaired) electrons. The molecular weight excluding hydrogens is 298 g/mol. The molecule has 1 aromatic carbocycles. The second-order valence-electron chi connectivity index (χ2n) is 3.71. The van der Waals surface area contributed by atoms with Crippen LogP contribution in [-0.4, -0.2) is 0 Å². The van der Waals surface area contributed by atoms with Gasteiger partial charge in [0.05, 0.1) is 11.1 Å². The molecule has 0 bridgehead atoms. The van der Waals surface area contributed by atoms with Gasteiger partial charge in [0.15, 0.2) is 11.6 Å². The molecule has 1 aliphatic rings. The van der Waals surface area contributed by atoms with Crippen molar-refractivity contribution in [2.45, 2.75) is 18.0 Å². The fraction of sp³-hybridized carbons (Fsp3) is 0.333. The summed E-state index contributed by atoms with van der Waals surface area (Å²) in [4.78, 5) is 0. The third kappa shape index (κ3) is 1.42. The number of fused-ring (bicyclic) bond motifs is 1. The van der Waals surface area contributed by atoms with Gasteiger partial charge in [-0.25, -0.2) is 13.2 Å². The third-order valence-electron chi connectivity index (χ3n) is 2.63. The molecule has 0 fully saturated rings. The number of rotatable bonds is 0. The molecule has 0 atom stereocenters. The Hall–Kier alpha value is -1.48. The fourth-order valence-corrected chi connectivity index (χ4v) is 1.75. The highest BCUT2D eigenvalue weighted by molar-refractivity contribution is 5.52. The van der Waals surface area contributed by atoms with Crippen LogP contribution in [0, 0.1) is 17.5 Å². The number of benzene rings is 1. The van der Waals surface area contributed by atoms with Crippen LogP contribution < -0.4 is 0 Å². The van der Waals surface area contributed by atoms with Crippen LogP contribution in [0.1, 0.15) is 16.7 Å². The smallest absolute Gasteiger partial charge is 0.206 e. The van der Waals surface area contributed by atoms with Gasteiger partial charge < -0.3 is 0 Å². The fourth-order valence-electron chi connectivity index (χ4n) is 1.75. The molecule has 0 aliphatic heterocycles. The van der Waals surface area contributed by atoms with Gasteiger partial charge in [-0.15, -0.1) is 0 Å². The quantitative estimate of drug-likeness (QED) is 0.494. The summed E-state index contributed by atoms with van der Waals surface area (Å²) >= 11 is 0. The molecule has 0 saturated heterocycles. The lowest BCUT2D eigenvalue weighted by molar-refractivity contribution is -0.259. The van der Waals surface area contributed by atoms with Crippen LogP contribution in [0.2, 0.25) is 0 Å². The maximum absolute atomic E-state index is 13.1. The second-order valence-corrected chi connectivity index (χ2v) is 3.71. The van der Waals surface area contributed by atoms with Crippen molar-refractivity contribution in [2.24, 2.45) is 0 Å². The van der Waals surface area contributed by atoms with E-state index in [1.165, 1.54) is 0 Å². The van der Waals surface area contributed by atoms with Crippen molar-refractivity contribution in [1.82, 2.24) is 0 Å². The van der Waals surface area contributed by atoms with E-state index in [1.54, 1.807) is 0 Å². The van der Waals surface area contributed by atoms with E-state index >= 15 is 0 Å². The maximum Gasteiger partial charge on any atom is 0.422 e. The molecule has 2 rings (SSSR count). The molecule has 10 heteroatoms. The Balaban J connectivity index is 2.90. The molecule has 0 nitrogen and oxygen atoms in total. The van der Waals surface area contributed by atoms with Crippen LogP contribution in [0.3, 0.4) is 0 Å². The van der Waals surface area contributed by atoms with E-state index < -0.39 is 52.2 Å². The molecule has 1 aromatic rings. The van der Waals surface area contributed by atoms with Gasteiger partial charge in [0.25, 0.3) is 0 Å². The van der Waals surface area contributed by atoms with Crippen LogP contribution in [0.25, 0.3) is 0 Å². The zero-order valence-electron chi connectivity index (χ0n) is 8.28. The lowest BCUT2D eigenvalue weighted by Gasteiger charge is -2.39. The molecule has 19 heavy (non-hydrogen) atoms. The molecule has 0 aromatic heterocycles. The Morgan fingerprint density at radius 2 is 1.00 bits per heavy atom. The van der Waals surface area contributed by atoms with E-state index in [-0.39, 0.29) is 0 Å². The monoisotopic (exact) mass is 298 g/mol. The van der Waals surface area contributed by atoms with Gasteiger partial charge in [-0.1, -0.05) is 0 Å². The highest BCUT2D eigenvalue weighted by Crippen LogP contribution is 2.63. The number of hydrogen-bond donors (Lipinski definition) is 0. The van der Waals surface area contributed by atoms with Crippen molar-refractivity contribution in [1.29, 1.82) is 0 Å². The summed E-state index contributed by atoms with van der Waals surface area (Å²) in [5.41, 5.74) is -7.82. The number of alkyl halides is 7. The first kappa shape index (κ1) is 13.9. The van der Waals surface area contributed by atoms with Crippen molar-refractivity contribution >= 4 is 0 Å². The van der Waals surface area contributed by atoms with Gasteiger partial charge in [0, 0.05) is 0 Å². The van der Waals surface area contributed by atoms with E-state index in [0.717, 1.165) is 0 Å². The first-order valence-electron chi connectivity index (χ1n) is 4.39.